The zero-order valence-electron chi connectivity index (χ0n) is 14.1. The summed E-state index contributed by atoms with van der Waals surface area (Å²) in [4.78, 5) is 24.9. The molecule has 3 rings (SSSR count). The average Bonchev–Trinajstić information content (AvgIpc) is 3.10. The molecule has 0 saturated carbocycles. The molecular weight excluding hydrogens is 318 g/mol. The van der Waals surface area contributed by atoms with Crippen molar-refractivity contribution >= 4 is 23.0 Å². The second-order valence-electron chi connectivity index (χ2n) is 5.77. The average molecular weight is 337 g/mol. The first-order valence-corrected chi connectivity index (χ1v) is 7.96. The minimum Gasteiger partial charge on any atom is -0.459 e. The predicted molar refractivity (Wildman–Crippen MR) is 96.3 cm³/mol. The lowest BCUT2D eigenvalue weighted by molar-refractivity contribution is 0.253. The standard InChI is InChI=1S/C18H19N5O2/c1-4-9-19-18(24)23-16-8-5-12-17(22-16)21-13(10-20-12)15-7-6-14(25-15)11(2)3/h4-8,10-11H,1,9H2,2-3H3,(H2,19,21,22,23,24). The normalized spacial score (nSPS) is 10.8. The molecule has 7 heteroatoms. The zero-order valence-corrected chi connectivity index (χ0v) is 14.1. The van der Waals surface area contributed by atoms with Gasteiger partial charge < -0.3 is 9.73 Å². The Labute approximate surface area is 145 Å². The molecule has 3 heterocycles. The van der Waals surface area contributed by atoms with Crippen molar-refractivity contribution < 1.29 is 9.21 Å². The highest BCUT2D eigenvalue weighted by Gasteiger charge is 2.11. The van der Waals surface area contributed by atoms with Crippen LogP contribution in [-0.2, 0) is 0 Å². The van der Waals surface area contributed by atoms with Gasteiger partial charge in [0.2, 0.25) is 0 Å². The predicted octanol–water partition coefficient (Wildman–Crippen LogP) is 3.72. The lowest BCUT2D eigenvalue weighted by atomic mass is 10.2. The van der Waals surface area contributed by atoms with Crippen LogP contribution in [0.25, 0.3) is 22.6 Å². The van der Waals surface area contributed by atoms with Crippen LogP contribution < -0.4 is 10.6 Å². The van der Waals surface area contributed by atoms with Gasteiger partial charge in [0, 0.05) is 12.5 Å². The maximum atomic E-state index is 11.7. The van der Waals surface area contributed by atoms with E-state index >= 15 is 0 Å². The number of amides is 2. The molecule has 2 amide bonds. The Morgan fingerprint density at radius 1 is 1.28 bits per heavy atom. The van der Waals surface area contributed by atoms with Crippen LogP contribution in [-0.4, -0.2) is 27.5 Å². The highest BCUT2D eigenvalue weighted by molar-refractivity contribution is 5.89. The van der Waals surface area contributed by atoms with E-state index in [1.807, 2.05) is 12.1 Å². The van der Waals surface area contributed by atoms with Gasteiger partial charge in [0.05, 0.1) is 6.20 Å². The highest BCUT2D eigenvalue weighted by atomic mass is 16.3. The molecule has 128 valence electrons. The van der Waals surface area contributed by atoms with Gasteiger partial charge in [-0.1, -0.05) is 19.9 Å². The van der Waals surface area contributed by atoms with Gasteiger partial charge in [-0.2, -0.15) is 0 Å². The molecule has 3 aromatic rings. The molecule has 25 heavy (non-hydrogen) atoms. The summed E-state index contributed by atoms with van der Waals surface area (Å²) in [5, 5.41) is 5.27. The first-order valence-electron chi connectivity index (χ1n) is 7.96. The number of carbonyl (C=O) groups is 1. The number of hydrogen-bond acceptors (Lipinski definition) is 5. The molecule has 2 N–H and O–H groups in total. The van der Waals surface area contributed by atoms with Gasteiger partial charge in [0.15, 0.2) is 11.4 Å². The van der Waals surface area contributed by atoms with E-state index in [1.165, 1.54) is 0 Å². The largest absolute Gasteiger partial charge is 0.459 e. The molecule has 0 aliphatic carbocycles. The van der Waals surface area contributed by atoms with Crippen molar-refractivity contribution in [1.29, 1.82) is 0 Å². The lowest BCUT2D eigenvalue weighted by Gasteiger charge is -2.06. The van der Waals surface area contributed by atoms with Crippen molar-refractivity contribution in [2.45, 2.75) is 19.8 Å². The van der Waals surface area contributed by atoms with Crippen LogP contribution in [0.2, 0.25) is 0 Å². The van der Waals surface area contributed by atoms with Crippen molar-refractivity contribution in [3.05, 3.63) is 48.9 Å². The van der Waals surface area contributed by atoms with Gasteiger partial charge in [-0.25, -0.2) is 14.8 Å². The fourth-order valence-electron chi connectivity index (χ4n) is 2.21. The molecular formula is C18H19N5O2. The molecule has 0 bridgehead atoms. The van der Waals surface area contributed by atoms with Gasteiger partial charge in [-0.3, -0.25) is 10.3 Å². The molecule has 0 aliphatic rings. The number of aromatic nitrogens is 3. The summed E-state index contributed by atoms with van der Waals surface area (Å²) in [6.07, 6.45) is 3.25. The second-order valence-corrected chi connectivity index (χ2v) is 5.77. The van der Waals surface area contributed by atoms with Crippen LogP contribution in [0.5, 0.6) is 0 Å². The van der Waals surface area contributed by atoms with Gasteiger partial charge in [-0.05, 0) is 24.3 Å². The number of carbonyl (C=O) groups excluding carboxylic acids is 1. The van der Waals surface area contributed by atoms with Crippen LogP contribution in [0, 0.1) is 0 Å². The molecule has 0 aliphatic heterocycles. The molecule has 0 fully saturated rings. The minimum atomic E-state index is -0.358. The van der Waals surface area contributed by atoms with Crippen molar-refractivity contribution in [1.82, 2.24) is 20.3 Å². The van der Waals surface area contributed by atoms with Crippen molar-refractivity contribution in [2.24, 2.45) is 0 Å². The molecule has 0 radical (unpaired) electrons. The molecule has 0 spiro atoms. The Kier molecular flexibility index (Phi) is 4.74. The molecule has 0 saturated heterocycles. The second kappa shape index (κ2) is 7.12. The lowest BCUT2D eigenvalue weighted by Crippen LogP contribution is -2.28. The zero-order chi connectivity index (χ0) is 17.8. The van der Waals surface area contributed by atoms with Crippen LogP contribution >= 0.6 is 0 Å². The number of hydrogen-bond donors (Lipinski definition) is 2. The van der Waals surface area contributed by atoms with Gasteiger partial charge in [0.25, 0.3) is 0 Å². The molecule has 7 nitrogen and oxygen atoms in total. The third-order valence-corrected chi connectivity index (χ3v) is 3.50. The summed E-state index contributed by atoms with van der Waals surface area (Å²) in [5.74, 6) is 2.22. The topological polar surface area (TPSA) is 92.9 Å². The summed E-state index contributed by atoms with van der Waals surface area (Å²) in [5.41, 5.74) is 1.66. The Hall–Kier alpha value is -3.22. The first kappa shape index (κ1) is 16.6. The van der Waals surface area contributed by atoms with E-state index in [1.54, 1.807) is 24.4 Å². The van der Waals surface area contributed by atoms with E-state index in [0.717, 1.165) is 5.76 Å². The Bertz CT molecular complexity index is 917. The van der Waals surface area contributed by atoms with Crippen molar-refractivity contribution in [3.8, 4) is 11.5 Å². The summed E-state index contributed by atoms with van der Waals surface area (Å²) < 4.78 is 5.80. The quantitative estimate of drug-likeness (QED) is 0.692. The van der Waals surface area contributed by atoms with Gasteiger partial charge in [-0.15, -0.1) is 6.58 Å². The molecule has 0 aromatic carbocycles. The van der Waals surface area contributed by atoms with E-state index in [9.17, 15) is 4.79 Å². The van der Waals surface area contributed by atoms with Crippen molar-refractivity contribution in [3.63, 3.8) is 0 Å². The Morgan fingerprint density at radius 3 is 2.84 bits per heavy atom. The van der Waals surface area contributed by atoms with E-state index in [4.69, 9.17) is 4.42 Å². The third-order valence-electron chi connectivity index (χ3n) is 3.50. The summed E-state index contributed by atoms with van der Waals surface area (Å²) >= 11 is 0. The Balaban J connectivity index is 1.87. The van der Waals surface area contributed by atoms with Crippen LogP contribution in [0.4, 0.5) is 10.6 Å². The summed E-state index contributed by atoms with van der Waals surface area (Å²) in [6.45, 7) is 8.04. The van der Waals surface area contributed by atoms with Crippen LogP contribution in [0.3, 0.4) is 0 Å². The van der Waals surface area contributed by atoms with Crippen molar-refractivity contribution in [2.75, 3.05) is 11.9 Å². The minimum absolute atomic E-state index is 0.296. The Morgan fingerprint density at radius 2 is 2.12 bits per heavy atom. The SMILES string of the molecule is C=CCNC(=O)Nc1ccc2ncc(-c3ccc(C(C)C)o3)nc2n1. The van der Waals surface area contributed by atoms with Gasteiger partial charge >= 0.3 is 6.03 Å². The number of anilines is 1. The maximum absolute atomic E-state index is 11.7. The third kappa shape index (κ3) is 3.82. The van der Waals surface area contributed by atoms with Crippen LogP contribution in [0.15, 0.2) is 47.5 Å². The monoisotopic (exact) mass is 337 g/mol. The smallest absolute Gasteiger partial charge is 0.320 e. The number of nitrogens with one attached hydrogen (secondary N) is 2. The van der Waals surface area contributed by atoms with Gasteiger partial charge in [0.1, 0.15) is 22.8 Å². The number of rotatable bonds is 5. The summed E-state index contributed by atoms with van der Waals surface area (Å²) in [6, 6.07) is 6.87. The fraction of sp³-hybridized carbons (Fsp3) is 0.222. The van der Waals surface area contributed by atoms with E-state index in [-0.39, 0.29) is 6.03 Å². The summed E-state index contributed by atoms with van der Waals surface area (Å²) in [7, 11) is 0. The molecule has 0 atom stereocenters. The number of pyridine rings is 1. The molecule has 3 aromatic heterocycles. The number of fused-ring (bicyclic) bond motifs is 1. The maximum Gasteiger partial charge on any atom is 0.320 e. The van der Waals surface area contributed by atoms with E-state index in [2.05, 4.69) is 46.0 Å². The number of urea groups is 1. The molecule has 0 unspecified atom stereocenters. The van der Waals surface area contributed by atoms with E-state index < -0.39 is 0 Å². The highest BCUT2D eigenvalue weighted by Crippen LogP contribution is 2.25. The van der Waals surface area contributed by atoms with E-state index in [0.29, 0.717) is 40.9 Å². The van der Waals surface area contributed by atoms with Crippen LogP contribution in [0.1, 0.15) is 25.5 Å². The number of nitrogens with zero attached hydrogens (tertiary/aromatic N) is 3. The first-order chi connectivity index (χ1) is 12.1. The fourth-order valence-corrected chi connectivity index (χ4v) is 2.21. The number of furan rings is 1.